The molecular weight excluding hydrogens is 479 g/mol. The van der Waals surface area contributed by atoms with E-state index in [2.05, 4.69) is 15.9 Å². The molecule has 1 fully saturated rings. The van der Waals surface area contributed by atoms with Crippen molar-refractivity contribution in [2.24, 2.45) is 0 Å². The van der Waals surface area contributed by atoms with Gasteiger partial charge in [0.05, 0.1) is 10.2 Å². The fraction of sp³-hybridized carbons (Fsp3) is 0.0833. The molecule has 1 aliphatic heterocycles. The fourth-order valence-corrected chi connectivity index (χ4v) is 3.98. The minimum atomic E-state index is -0.279. The molecular formula is C24H18BrFN2O2S. The van der Waals surface area contributed by atoms with E-state index in [-0.39, 0.29) is 11.7 Å². The number of amides is 1. The van der Waals surface area contributed by atoms with E-state index in [1.807, 2.05) is 48.5 Å². The number of rotatable bonds is 5. The summed E-state index contributed by atoms with van der Waals surface area (Å²) in [4.78, 5) is 16.3. The number of carbonyl (C=O) groups excluding carboxylic acids is 1. The number of para-hydroxylation sites is 1. The Labute approximate surface area is 193 Å². The van der Waals surface area contributed by atoms with Crippen LogP contribution >= 0.6 is 28.1 Å². The molecule has 3 aromatic carbocycles. The van der Waals surface area contributed by atoms with Crippen molar-refractivity contribution in [2.45, 2.75) is 6.61 Å². The molecule has 0 bridgehead atoms. The molecule has 0 saturated carbocycles. The van der Waals surface area contributed by atoms with Crippen LogP contribution in [-0.2, 0) is 11.4 Å². The van der Waals surface area contributed by atoms with Crippen LogP contribution in [0.2, 0.25) is 0 Å². The zero-order valence-electron chi connectivity index (χ0n) is 16.6. The number of carbonyl (C=O) groups is 1. The number of likely N-dealkylation sites (N-methyl/N-ethyl adjacent to an activating group) is 1. The first-order valence-electron chi connectivity index (χ1n) is 9.50. The van der Waals surface area contributed by atoms with Crippen LogP contribution < -0.4 is 9.64 Å². The average Bonchev–Trinajstić information content (AvgIpc) is 2.98. The zero-order chi connectivity index (χ0) is 22.0. The minimum absolute atomic E-state index is 0.175. The van der Waals surface area contributed by atoms with Crippen molar-refractivity contribution >= 4 is 50.9 Å². The number of halogens is 2. The largest absolute Gasteiger partial charge is 0.488 e. The van der Waals surface area contributed by atoms with Gasteiger partial charge in [0.25, 0.3) is 5.91 Å². The third-order valence-electron chi connectivity index (χ3n) is 4.84. The number of anilines is 1. The van der Waals surface area contributed by atoms with E-state index < -0.39 is 0 Å². The van der Waals surface area contributed by atoms with Gasteiger partial charge in [0.15, 0.2) is 5.11 Å². The van der Waals surface area contributed by atoms with Gasteiger partial charge in [-0.1, -0.05) is 36.4 Å². The van der Waals surface area contributed by atoms with Crippen LogP contribution in [0, 0.1) is 5.82 Å². The van der Waals surface area contributed by atoms with Crippen LogP contribution in [0.1, 0.15) is 11.1 Å². The maximum atomic E-state index is 13.0. The predicted octanol–water partition coefficient (Wildman–Crippen LogP) is 5.77. The third-order valence-corrected chi connectivity index (χ3v) is 5.92. The Hall–Kier alpha value is -3.03. The summed E-state index contributed by atoms with van der Waals surface area (Å²) in [6.07, 6.45) is 1.80. The van der Waals surface area contributed by atoms with Gasteiger partial charge in [-0.2, -0.15) is 0 Å². The lowest BCUT2D eigenvalue weighted by Crippen LogP contribution is -2.30. The summed E-state index contributed by atoms with van der Waals surface area (Å²) >= 11 is 9.01. The molecule has 0 spiro atoms. The lowest BCUT2D eigenvalue weighted by atomic mass is 10.1. The maximum absolute atomic E-state index is 13.0. The molecule has 0 aromatic heterocycles. The topological polar surface area (TPSA) is 32.8 Å². The first-order chi connectivity index (χ1) is 14.9. The van der Waals surface area contributed by atoms with Crippen molar-refractivity contribution < 1.29 is 13.9 Å². The summed E-state index contributed by atoms with van der Waals surface area (Å²) in [7, 11) is 1.78. The third kappa shape index (κ3) is 4.52. The molecule has 0 N–H and O–H groups in total. The van der Waals surface area contributed by atoms with Crippen molar-refractivity contribution in [3.63, 3.8) is 0 Å². The van der Waals surface area contributed by atoms with Gasteiger partial charge in [-0.15, -0.1) is 0 Å². The normalized spacial score (nSPS) is 15.1. The van der Waals surface area contributed by atoms with Crippen LogP contribution in [0.4, 0.5) is 10.1 Å². The Morgan fingerprint density at radius 2 is 1.77 bits per heavy atom. The van der Waals surface area contributed by atoms with Crippen LogP contribution in [0.15, 0.2) is 83.0 Å². The Bertz CT molecular complexity index is 1170. The SMILES string of the molecule is CN1C(=S)N(c2ccccc2)C(=O)/C1=C/c1ccc(OCc2ccc(F)cc2)c(Br)c1. The van der Waals surface area contributed by atoms with E-state index in [0.717, 1.165) is 21.3 Å². The first kappa shape index (κ1) is 21.2. The zero-order valence-corrected chi connectivity index (χ0v) is 19.0. The Balaban J connectivity index is 1.53. The maximum Gasteiger partial charge on any atom is 0.281 e. The first-order valence-corrected chi connectivity index (χ1v) is 10.7. The molecule has 4 nitrogen and oxygen atoms in total. The number of benzene rings is 3. The van der Waals surface area contributed by atoms with Crippen LogP contribution in [-0.4, -0.2) is 23.0 Å². The molecule has 3 aromatic rings. The van der Waals surface area contributed by atoms with Crippen LogP contribution in [0.3, 0.4) is 0 Å². The smallest absolute Gasteiger partial charge is 0.281 e. The molecule has 1 aliphatic rings. The summed E-state index contributed by atoms with van der Waals surface area (Å²) < 4.78 is 19.6. The molecule has 1 heterocycles. The van der Waals surface area contributed by atoms with Crippen LogP contribution in [0.5, 0.6) is 5.75 Å². The van der Waals surface area contributed by atoms with E-state index in [9.17, 15) is 9.18 Å². The lowest BCUT2D eigenvalue weighted by Gasteiger charge is -2.16. The van der Waals surface area contributed by atoms with Gasteiger partial charge in [-0.25, -0.2) is 4.39 Å². The van der Waals surface area contributed by atoms with Gasteiger partial charge >= 0.3 is 0 Å². The van der Waals surface area contributed by atoms with E-state index in [4.69, 9.17) is 17.0 Å². The molecule has 1 saturated heterocycles. The number of hydrogen-bond acceptors (Lipinski definition) is 3. The molecule has 4 rings (SSSR count). The van der Waals surface area contributed by atoms with E-state index in [1.54, 1.807) is 30.2 Å². The average molecular weight is 497 g/mol. The summed E-state index contributed by atoms with van der Waals surface area (Å²) in [5, 5.41) is 0.431. The number of hydrogen-bond donors (Lipinski definition) is 0. The van der Waals surface area contributed by atoms with Crippen molar-refractivity contribution in [1.29, 1.82) is 0 Å². The van der Waals surface area contributed by atoms with E-state index in [0.29, 0.717) is 23.2 Å². The summed E-state index contributed by atoms with van der Waals surface area (Å²) in [5.41, 5.74) is 2.92. The summed E-state index contributed by atoms with van der Waals surface area (Å²) in [5.74, 6) is 0.199. The van der Waals surface area contributed by atoms with Gasteiger partial charge in [0.2, 0.25) is 0 Å². The Kier molecular flexibility index (Phi) is 6.15. The highest BCUT2D eigenvalue weighted by atomic mass is 79.9. The van der Waals surface area contributed by atoms with Gasteiger partial charge in [0, 0.05) is 7.05 Å². The lowest BCUT2D eigenvalue weighted by molar-refractivity contribution is -0.114. The minimum Gasteiger partial charge on any atom is -0.488 e. The highest BCUT2D eigenvalue weighted by Crippen LogP contribution is 2.31. The Morgan fingerprint density at radius 1 is 1.06 bits per heavy atom. The van der Waals surface area contributed by atoms with Gasteiger partial charge in [-0.3, -0.25) is 9.69 Å². The number of thiocarbonyl (C=S) groups is 1. The van der Waals surface area contributed by atoms with Crippen LogP contribution in [0.25, 0.3) is 6.08 Å². The summed E-state index contributed by atoms with van der Waals surface area (Å²) in [6.45, 7) is 0.320. The van der Waals surface area contributed by atoms with Crippen molar-refractivity contribution in [3.8, 4) is 5.75 Å². The second-order valence-electron chi connectivity index (χ2n) is 6.95. The highest BCUT2D eigenvalue weighted by molar-refractivity contribution is 9.10. The number of nitrogens with zero attached hydrogens (tertiary/aromatic N) is 2. The van der Waals surface area contributed by atoms with E-state index in [1.165, 1.54) is 17.0 Å². The molecule has 0 unspecified atom stereocenters. The summed E-state index contributed by atoms with van der Waals surface area (Å²) in [6, 6.07) is 21.1. The predicted molar refractivity (Wildman–Crippen MR) is 127 cm³/mol. The second-order valence-corrected chi connectivity index (χ2v) is 8.17. The quantitative estimate of drug-likeness (QED) is 0.331. The molecule has 31 heavy (non-hydrogen) atoms. The molecule has 0 aliphatic carbocycles. The van der Waals surface area contributed by atoms with Gasteiger partial charge in [0.1, 0.15) is 23.9 Å². The number of ether oxygens (including phenoxy) is 1. The molecule has 0 atom stereocenters. The highest BCUT2D eigenvalue weighted by Gasteiger charge is 2.36. The van der Waals surface area contributed by atoms with E-state index >= 15 is 0 Å². The van der Waals surface area contributed by atoms with Gasteiger partial charge in [-0.05, 0) is 81.7 Å². The van der Waals surface area contributed by atoms with Crippen molar-refractivity contribution in [1.82, 2.24) is 4.90 Å². The standard InChI is InChI=1S/C24H18BrFN2O2S/c1-27-21(23(29)28(24(27)31)19-5-3-2-4-6-19)14-17-9-12-22(20(25)13-17)30-15-16-7-10-18(26)11-8-16/h2-14H,15H2,1H3/b21-14-. The molecule has 1 amide bonds. The van der Waals surface area contributed by atoms with Crippen molar-refractivity contribution in [3.05, 3.63) is 99.9 Å². The Morgan fingerprint density at radius 3 is 2.45 bits per heavy atom. The molecule has 0 radical (unpaired) electrons. The van der Waals surface area contributed by atoms with Crippen molar-refractivity contribution in [2.75, 3.05) is 11.9 Å². The molecule has 156 valence electrons. The van der Waals surface area contributed by atoms with Gasteiger partial charge < -0.3 is 9.64 Å². The fourth-order valence-electron chi connectivity index (χ4n) is 3.18. The monoisotopic (exact) mass is 496 g/mol. The second kappa shape index (κ2) is 8.99. The molecule has 7 heteroatoms.